The number of halogens is 8. The highest BCUT2D eigenvalue weighted by Crippen LogP contribution is 2.45. The van der Waals surface area contributed by atoms with Gasteiger partial charge in [-0.25, -0.2) is 0 Å². The van der Waals surface area contributed by atoms with E-state index in [0.717, 1.165) is 0 Å². The predicted octanol–water partition coefficient (Wildman–Crippen LogP) is 1.62. The normalized spacial score (nSPS) is 23.1. The summed E-state index contributed by atoms with van der Waals surface area (Å²) in [6.45, 7) is 0. The molecule has 0 fully saturated rings. The Bertz CT molecular complexity index is 183. The van der Waals surface area contributed by atoms with Crippen LogP contribution < -0.4 is 0 Å². The molecule has 14 heteroatoms. The molecule has 0 aliphatic carbocycles. The summed E-state index contributed by atoms with van der Waals surface area (Å²) >= 11 is 48.6. The van der Waals surface area contributed by atoms with Gasteiger partial charge in [0.2, 0.25) is 0 Å². The first-order valence-corrected chi connectivity index (χ1v) is 29.4. The molecule has 0 bridgehead atoms. The van der Waals surface area contributed by atoms with Crippen LogP contribution in [-0.2, 0) is 0 Å². The molecule has 86 valence electrons. The minimum atomic E-state index is -3.00. The van der Waals surface area contributed by atoms with Gasteiger partial charge >= 0.3 is 11.0 Å². The summed E-state index contributed by atoms with van der Waals surface area (Å²) < 4.78 is 0. The molecule has 0 aliphatic rings. The Balaban J connectivity index is 5.30. The smallest absolute Gasteiger partial charge is 0.173 e. The Morgan fingerprint density at radius 2 is 0.643 bits per heavy atom. The zero-order chi connectivity index (χ0) is 12.0. The summed E-state index contributed by atoms with van der Waals surface area (Å²) in [4.78, 5) is 0. The van der Waals surface area contributed by atoms with Crippen molar-refractivity contribution in [3.8, 4) is 0 Å². The first-order chi connectivity index (χ1) is 5.75. The van der Waals surface area contributed by atoms with E-state index in [2.05, 4.69) is 0 Å². The van der Waals surface area contributed by atoms with E-state index < -0.39 is 22.9 Å². The fourth-order valence-corrected chi connectivity index (χ4v) is 129. The van der Waals surface area contributed by atoms with Crippen molar-refractivity contribution in [2.75, 3.05) is 0 Å². The lowest BCUT2D eigenvalue weighted by atomic mass is 26.0. The van der Waals surface area contributed by atoms with Crippen molar-refractivity contribution >= 4 is 131 Å². The van der Waals surface area contributed by atoms with Crippen LogP contribution in [0.5, 0.6) is 0 Å². The van der Waals surface area contributed by atoms with Crippen LogP contribution in [0, 0.1) is 0 Å². The number of hydrogen-bond acceptors (Lipinski definition) is 0. The van der Waals surface area contributed by atoms with E-state index in [1.54, 1.807) is 0 Å². The molecule has 0 aliphatic heterocycles. The van der Waals surface area contributed by atoms with Crippen molar-refractivity contribution in [3.63, 3.8) is 0 Å². The number of hydrogen-bond donors (Lipinski definition) is 0. The second-order valence-corrected chi connectivity index (χ2v) is 81.0. The zero-order valence-electron chi connectivity index (χ0n) is 7.02. The highest BCUT2D eigenvalue weighted by atomic mass is 35.9. The van der Waals surface area contributed by atoms with Gasteiger partial charge in [-0.05, 0) is 0 Å². The van der Waals surface area contributed by atoms with E-state index in [0.29, 0.717) is 19.5 Å². The van der Waals surface area contributed by atoms with Gasteiger partial charge in [0.1, 0.15) is 0 Å². The van der Waals surface area contributed by atoms with Crippen molar-refractivity contribution in [3.05, 3.63) is 0 Å². The SMILES string of the molecule is [SiH3][Si](Cl)([Si](Cl)(Cl)Cl)[Si]([SiH3])(Cl)[Si](Cl)(Cl)Cl. The van der Waals surface area contributed by atoms with E-state index in [4.69, 9.17) is 88.6 Å². The molecule has 0 heterocycles. The summed E-state index contributed by atoms with van der Waals surface area (Å²) in [5.41, 5.74) is -6.00. The van der Waals surface area contributed by atoms with Crippen LogP contribution in [0.15, 0.2) is 0 Å². The van der Waals surface area contributed by atoms with Gasteiger partial charge in [-0.1, -0.05) is 0 Å². The summed E-state index contributed by atoms with van der Waals surface area (Å²) in [5, 5.41) is 0. The molecule has 0 saturated carbocycles. The molecule has 0 nitrogen and oxygen atoms in total. The van der Waals surface area contributed by atoms with Crippen molar-refractivity contribution in [1.82, 2.24) is 0 Å². The van der Waals surface area contributed by atoms with Gasteiger partial charge in [0.05, 0.1) is 0 Å². The molecule has 0 aromatic heterocycles. The van der Waals surface area contributed by atoms with Gasteiger partial charge in [0.15, 0.2) is 11.9 Å². The van der Waals surface area contributed by atoms with Crippen molar-refractivity contribution in [2.45, 2.75) is 0 Å². The molecular formula is H6Cl8Si6. The summed E-state index contributed by atoms with van der Waals surface area (Å²) in [6, 6.07) is 0. The fraction of sp³-hybridized carbons (Fsp3) is 0. The Hall–Kier alpha value is 3.62. The highest BCUT2D eigenvalue weighted by molar-refractivity contribution is 8.31. The average molecular weight is 458 g/mol. The molecule has 0 aromatic rings. The molecule has 0 rings (SSSR count). The molecule has 14 heavy (non-hydrogen) atoms. The maximum absolute atomic E-state index is 6.40. The van der Waals surface area contributed by atoms with Crippen LogP contribution in [0.25, 0.3) is 0 Å². The third-order valence-corrected chi connectivity index (χ3v) is 158. The molecule has 0 amide bonds. The quantitative estimate of drug-likeness (QED) is 0.446. The largest absolute Gasteiger partial charge is 0.336 e. The van der Waals surface area contributed by atoms with E-state index in [1.165, 1.54) is 0 Å². The maximum Gasteiger partial charge on any atom is 0.336 e. The van der Waals surface area contributed by atoms with Gasteiger partial charge in [-0.15, -0.1) is 66.5 Å². The third kappa shape index (κ3) is 3.56. The average Bonchev–Trinajstić information content (AvgIpc) is 1.81. The van der Waals surface area contributed by atoms with E-state index >= 15 is 0 Å². The molecule has 0 N–H and O–H groups in total. The maximum atomic E-state index is 6.40. The molecule has 0 spiro atoms. The minimum absolute atomic E-state index is 0.563. The molecule has 2 atom stereocenters. The first kappa shape index (κ1) is 17.6. The van der Waals surface area contributed by atoms with Crippen LogP contribution >= 0.6 is 88.6 Å². The Kier molecular flexibility index (Phi) is 6.69. The predicted molar refractivity (Wildman–Crippen MR) is 89.7 cm³/mol. The van der Waals surface area contributed by atoms with Gasteiger partial charge in [-0.3, -0.25) is 0 Å². The molecule has 2 unspecified atom stereocenters. The van der Waals surface area contributed by atoms with Gasteiger partial charge in [-0.2, -0.15) is 22.2 Å². The topological polar surface area (TPSA) is 0 Å². The Labute approximate surface area is 129 Å². The van der Waals surface area contributed by atoms with E-state index in [9.17, 15) is 0 Å². The van der Waals surface area contributed by atoms with Crippen LogP contribution in [0.3, 0.4) is 0 Å². The molecule has 0 radical (unpaired) electrons. The number of rotatable bonds is 3. The second kappa shape index (κ2) is 5.32. The van der Waals surface area contributed by atoms with Crippen molar-refractivity contribution in [2.24, 2.45) is 0 Å². The summed E-state index contributed by atoms with van der Waals surface area (Å²) in [6.07, 6.45) is 0. The van der Waals surface area contributed by atoms with Crippen molar-refractivity contribution < 1.29 is 0 Å². The standard InChI is InChI=1S/Cl8H6Si6/c1-11(2,3)13(7,9)14(8,10)12(4,5)6/h9-10H3. The molecule has 0 aromatic carbocycles. The third-order valence-electron chi connectivity index (χ3n) is 1.95. The lowest BCUT2D eigenvalue weighted by Crippen LogP contribution is -2.75. The van der Waals surface area contributed by atoms with Gasteiger partial charge in [0, 0.05) is 19.5 Å². The van der Waals surface area contributed by atoms with Crippen LogP contribution in [0.2, 0.25) is 0 Å². The van der Waals surface area contributed by atoms with Crippen LogP contribution in [0.1, 0.15) is 0 Å². The van der Waals surface area contributed by atoms with Gasteiger partial charge < -0.3 is 0 Å². The van der Waals surface area contributed by atoms with Crippen LogP contribution in [-0.4, -0.2) is 42.4 Å². The minimum Gasteiger partial charge on any atom is -0.173 e. The van der Waals surface area contributed by atoms with Crippen LogP contribution in [0.4, 0.5) is 0 Å². The lowest BCUT2D eigenvalue weighted by molar-refractivity contribution is 3.24. The fourth-order valence-electron chi connectivity index (χ4n) is 0.532. The lowest BCUT2D eigenvalue weighted by Gasteiger charge is -2.39. The monoisotopic (exact) mass is 454 g/mol. The van der Waals surface area contributed by atoms with E-state index in [1.807, 2.05) is 0 Å². The van der Waals surface area contributed by atoms with Crippen molar-refractivity contribution in [1.29, 1.82) is 0 Å². The first-order valence-electron chi connectivity index (χ1n) is 3.26. The van der Waals surface area contributed by atoms with Gasteiger partial charge in [0.25, 0.3) is 0 Å². The second-order valence-electron chi connectivity index (χ2n) is 3.00. The summed E-state index contributed by atoms with van der Waals surface area (Å²) in [7, 11) is 1.13. The molecule has 0 saturated heterocycles. The highest BCUT2D eigenvalue weighted by Gasteiger charge is 2.70. The Morgan fingerprint density at radius 1 is 0.500 bits per heavy atom. The Morgan fingerprint density at radius 3 is 0.714 bits per heavy atom. The van der Waals surface area contributed by atoms with E-state index in [-0.39, 0.29) is 0 Å². The zero-order valence-corrected chi connectivity index (χ0v) is 21.1. The molecular weight excluding hydrogens is 452 g/mol. The summed E-state index contributed by atoms with van der Waals surface area (Å²) in [5.74, 6) is -5.18.